The van der Waals surface area contributed by atoms with Crippen molar-refractivity contribution in [1.82, 2.24) is 5.32 Å². The van der Waals surface area contributed by atoms with Crippen LogP contribution in [0.1, 0.15) is 12.0 Å². The van der Waals surface area contributed by atoms with E-state index >= 15 is 0 Å². The number of nitrogens with one attached hydrogen (secondary N) is 3. The number of aliphatic hydroxyl groups excluding tert-OH is 2. The third-order valence-corrected chi connectivity index (χ3v) is 4.63. The van der Waals surface area contributed by atoms with Gasteiger partial charge in [-0.15, -0.1) is 0 Å². The van der Waals surface area contributed by atoms with E-state index in [2.05, 4.69) is 31.9 Å². The zero-order chi connectivity index (χ0) is 17.0. The van der Waals surface area contributed by atoms with Gasteiger partial charge in [0.05, 0.1) is 11.4 Å². The van der Waals surface area contributed by atoms with Crippen LogP contribution < -0.4 is 16.0 Å². The number of fused-ring (bicyclic) bond motifs is 1. The number of rotatable bonds is 7. The van der Waals surface area contributed by atoms with E-state index in [1.165, 1.54) is 0 Å². The molecule has 0 fully saturated rings. The second kappa shape index (κ2) is 8.20. The fourth-order valence-electron chi connectivity index (χ4n) is 2.33. The molecular formula is C14H20BrN3O4S. The summed E-state index contributed by atoms with van der Waals surface area (Å²) in [4.78, 5) is 11.3. The molecule has 1 aromatic carbocycles. The maximum absolute atomic E-state index is 11.3. The van der Waals surface area contributed by atoms with Gasteiger partial charge in [-0.05, 0) is 36.1 Å². The van der Waals surface area contributed by atoms with Crippen LogP contribution in [-0.2, 0) is 11.3 Å². The summed E-state index contributed by atoms with van der Waals surface area (Å²) in [5.41, 5.74) is 2.08. The van der Waals surface area contributed by atoms with Crippen LogP contribution in [0.2, 0.25) is 0 Å². The lowest BCUT2D eigenvalue weighted by Crippen LogP contribution is -2.43. The smallest absolute Gasteiger partial charge is 0.320 e. The molecule has 0 aromatic heterocycles. The number of aliphatic carboxylic acids is 1. The minimum atomic E-state index is -1.13. The average Bonchev–Trinajstić information content (AvgIpc) is 2.48. The summed E-state index contributed by atoms with van der Waals surface area (Å²) in [5.74, 6) is -0.130. The van der Waals surface area contributed by atoms with Gasteiger partial charge in [-0.1, -0.05) is 15.9 Å². The Hall–Kier alpha value is -1.00. The molecule has 7 nitrogen and oxygen atoms in total. The molecule has 0 spiro atoms. The number of carboxylic acids is 1. The number of anilines is 2. The van der Waals surface area contributed by atoms with Gasteiger partial charge in [0, 0.05) is 11.0 Å². The molecule has 0 amide bonds. The van der Waals surface area contributed by atoms with Gasteiger partial charge in [0.1, 0.15) is 6.04 Å². The van der Waals surface area contributed by atoms with Crippen molar-refractivity contribution in [1.29, 1.82) is 0 Å². The second-order valence-corrected chi connectivity index (χ2v) is 7.12. The van der Waals surface area contributed by atoms with Crippen molar-refractivity contribution in [2.24, 2.45) is 0 Å². The molecule has 1 aliphatic heterocycles. The van der Waals surface area contributed by atoms with Crippen molar-refractivity contribution < 1.29 is 20.1 Å². The van der Waals surface area contributed by atoms with E-state index < -0.39 is 24.5 Å². The van der Waals surface area contributed by atoms with Gasteiger partial charge in [0.2, 0.25) is 0 Å². The predicted octanol–water partition coefficient (Wildman–Crippen LogP) is 1.22. The highest BCUT2D eigenvalue weighted by molar-refractivity contribution is 9.10. The van der Waals surface area contributed by atoms with E-state index in [0.29, 0.717) is 24.3 Å². The normalized spacial score (nSPS) is 21.0. The van der Waals surface area contributed by atoms with Gasteiger partial charge in [-0.3, -0.25) is 4.79 Å². The molecule has 0 aliphatic carbocycles. The van der Waals surface area contributed by atoms with Crippen LogP contribution in [-0.4, -0.2) is 51.8 Å². The highest BCUT2D eigenvalue weighted by Crippen LogP contribution is 2.34. The Kier molecular flexibility index (Phi) is 6.54. The van der Waals surface area contributed by atoms with Crippen LogP contribution in [0.25, 0.3) is 0 Å². The molecule has 0 radical (unpaired) electrons. The predicted molar refractivity (Wildman–Crippen MR) is 94.7 cm³/mol. The Morgan fingerprint density at radius 1 is 1.39 bits per heavy atom. The van der Waals surface area contributed by atoms with Crippen LogP contribution in [0.4, 0.5) is 11.4 Å². The van der Waals surface area contributed by atoms with Crippen LogP contribution in [0.15, 0.2) is 16.6 Å². The van der Waals surface area contributed by atoms with Crippen LogP contribution in [0.5, 0.6) is 0 Å². The van der Waals surface area contributed by atoms with Crippen LogP contribution >= 0.6 is 27.7 Å². The number of benzene rings is 1. The first-order valence-electron chi connectivity index (χ1n) is 7.09. The molecule has 23 heavy (non-hydrogen) atoms. The van der Waals surface area contributed by atoms with Crippen molar-refractivity contribution in [3.8, 4) is 0 Å². The fourth-order valence-corrected chi connectivity index (χ4v) is 3.31. The molecule has 9 heteroatoms. The lowest BCUT2D eigenvalue weighted by Gasteiger charge is -2.31. The Balaban J connectivity index is 2.15. The molecule has 2 rings (SSSR count). The van der Waals surface area contributed by atoms with Gasteiger partial charge in [0.25, 0.3) is 0 Å². The van der Waals surface area contributed by atoms with E-state index in [-0.39, 0.29) is 0 Å². The number of carbonyl (C=O) groups is 1. The molecule has 3 atom stereocenters. The van der Waals surface area contributed by atoms with Crippen molar-refractivity contribution in [3.05, 3.63) is 22.2 Å². The first kappa shape index (κ1) is 18.3. The number of hydrogen-bond acceptors (Lipinski definition) is 7. The molecule has 128 valence electrons. The lowest BCUT2D eigenvalue weighted by atomic mass is 10.1. The van der Waals surface area contributed by atoms with E-state index in [9.17, 15) is 20.1 Å². The molecule has 0 saturated heterocycles. The van der Waals surface area contributed by atoms with Gasteiger partial charge in [0.15, 0.2) is 12.5 Å². The Morgan fingerprint density at radius 3 is 2.74 bits per heavy atom. The number of thioether (sulfide) groups is 1. The number of hydrogen-bond donors (Lipinski definition) is 6. The summed E-state index contributed by atoms with van der Waals surface area (Å²) in [7, 11) is 0. The summed E-state index contributed by atoms with van der Waals surface area (Å²) >= 11 is 5.00. The second-order valence-electron chi connectivity index (χ2n) is 5.22. The first-order valence-corrected chi connectivity index (χ1v) is 9.27. The topological polar surface area (TPSA) is 114 Å². The minimum Gasteiger partial charge on any atom is -0.480 e. The SMILES string of the molecule is CSCC[C@H](NCc1cc(Br)cc2c1NC(O)C(O)N2)C(=O)O. The Labute approximate surface area is 147 Å². The quantitative estimate of drug-likeness (QED) is 0.401. The van der Waals surface area contributed by atoms with E-state index in [1.54, 1.807) is 17.8 Å². The van der Waals surface area contributed by atoms with Crippen molar-refractivity contribution >= 4 is 45.0 Å². The zero-order valence-corrected chi connectivity index (χ0v) is 14.9. The summed E-state index contributed by atoms with van der Waals surface area (Å²) in [5, 5.41) is 37.3. The molecule has 2 unspecified atom stereocenters. The zero-order valence-electron chi connectivity index (χ0n) is 12.5. The summed E-state index contributed by atoms with van der Waals surface area (Å²) in [6.07, 6.45) is 0.228. The van der Waals surface area contributed by atoms with Gasteiger partial charge in [-0.25, -0.2) is 0 Å². The number of carboxylic acid groups (broad SMARTS) is 1. The van der Waals surface area contributed by atoms with Crippen LogP contribution in [0.3, 0.4) is 0 Å². The highest BCUT2D eigenvalue weighted by atomic mass is 79.9. The van der Waals surface area contributed by atoms with Gasteiger partial charge in [-0.2, -0.15) is 11.8 Å². The Bertz CT molecular complexity index is 575. The fraction of sp³-hybridized carbons (Fsp3) is 0.500. The molecule has 0 bridgehead atoms. The van der Waals surface area contributed by atoms with E-state index in [1.807, 2.05) is 12.3 Å². The minimum absolute atomic E-state index is 0.324. The standard InChI is InChI=1S/C14H20BrN3O4S/c1-23-3-2-9(14(21)22)16-6-7-4-8(15)5-10-11(7)18-13(20)12(19)17-10/h4-5,9,12-13,16-20H,2-3,6H2,1H3,(H,21,22)/t9-,12?,13?/m0/s1. The third-order valence-electron chi connectivity index (χ3n) is 3.53. The number of aliphatic hydroxyl groups is 2. The summed E-state index contributed by atoms with van der Waals surface area (Å²) in [6.45, 7) is 0.324. The van der Waals surface area contributed by atoms with E-state index in [4.69, 9.17) is 0 Å². The molecule has 1 heterocycles. The van der Waals surface area contributed by atoms with Crippen LogP contribution in [0, 0.1) is 0 Å². The maximum atomic E-state index is 11.3. The van der Waals surface area contributed by atoms with Crippen molar-refractivity contribution in [2.75, 3.05) is 22.6 Å². The lowest BCUT2D eigenvalue weighted by molar-refractivity contribution is -0.139. The summed E-state index contributed by atoms with van der Waals surface area (Å²) < 4.78 is 0.793. The summed E-state index contributed by atoms with van der Waals surface area (Å²) in [6, 6.07) is 2.99. The molecular weight excluding hydrogens is 386 g/mol. The number of halogens is 1. The first-order chi connectivity index (χ1) is 10.9. The average molecular weight is 406 g/mol. The van der Waals surface area contributed by atoms with Crippen molar-refractivity contribution in [2.45, 2.75) is 31.5 Å². The molecule has 0 saturated carbocycles. The van der Waals surface area contributed by atoms with Gasteiger partial charge >= 0.3 is 5.97 Å². The van der Waals surface area contributed by atoms with Crippen molar-refractivity contribution in [3.63, 3.8) is 0 Å². The third kappa shape index (κ3) is 4.74. The monoisotopic (exact) mass is 405 g/mol. The molecule has 1 aliphatic rings. The largest absolute Gasteiger partial charge is 0.480 e. The Morgan fingerprint density at radius 2 is 2.09 bits per heavy atom. The van der Waals surface area contributed by atoms with Gasteiger partial charge < -0.3 is 31.3 Å². The maximum Gasteiger partial charge on any atom is 0.320 e. The van der Waals surface area contributed by atoms with E-state index in [0.717, 1.165) is 15.8 Å². The molecule has 6 N–H and O–H groups in total. The highest BCUT2D eigenvalue weighted by Gasteiger charge is 2.26. The molecule has 1 aromatic rings.